The lowest BCUT2D eigenvalue weighted by Crippen LogP contribution is -2.26. The standard InChI is InChI=1S/C17H18N4O5S/c1-10-13(14-16(26-10)20-9-21(3)17(14)23)15(22)19-8-11-5-4-6-12(7-11)27(24,25)18-2/h4-7,9,18H,8H2,1-3H3,(H,19,22). The van der Waals surface area contributed by atoms with Gasteiger partial charge in [0, 0.05) is 13.6 Å². The van der Waals surface area contributed by atoms with Crippen molar-refractivity contribution < 1.29 is 17.6 Å². The first kappa shape index (κ1) is 18.8. The second kappa shape index (κ2) is 6.97. The number of furan rings is 1. The summed E-state index contributed by atoms with van der Waals surface area (Å²) in [7, 11) is -0.720. The fraction of sp³-hybridized carbons (Fsp3) is 0.235. The minimum Gasteiger partial charge on any atom is -0.442 e. The van der Waals surface area contributed by atoms with Crippen molar-refractivity contribution in [3.8, 4) is 0 Å². The van der Waals surface area contributed by atoms with Crippen LogP contribution in [-0.4, -0.2) is 30.9 Å². The lowest BCUT2D eigenvalue weighted by atomic mass is 10.1. The number of nitrogens with one attached hydrogen (secondary N) is 2. The van der Waals surface area contributed by atoms with Gasteiger partial charge in [0.2, 0.25) is 15.7 Å². The summed E-state index contributed by atoms with van der Waals surface area (Å²) in [5.41, 5.74) is 0.431. The molecule has 2 N–H and O–H groups in total. The molecule has 3 aromatic rings. The van der Waals surface area contributed by atoms with Crippen LogP contribution in [0.4, 0.5) is 0 Å². The molecular weight excluding hydrogens is 372 g/mol. The molecule has 3 rings (SSSR count). The third kappa shape index (κ3) is 3.49. The molecule has 10 heteroatoms. The van der Waals surface area contributed by atoms with E-state index in [-0.39, 0.29) is 39.4 Å². The van der Waals surface area contributed by atoms with Crippen LogP contribution in [0.3, 0.4) is 0 Å². The Kier molecular flexibility index (Phi) is 4.85. The van der Waals surface area contributed by atoms with Gasteiger partial charge < -0.3 is 14.3 Å². The molecule has 0 saturated carbocycles. The minimum atomic E-state index is -3.58. The van der Waals surface area contributed by atoms with Crippen molar-refractivity contribution >= 4 is 27.0 Å². The highest BCUT2D eigenvalue weighted by molar-refractivity contribution is 7.89. The quantitative estimate of drug-likeness (QED) is 0.660. The van der Waals surface area contributed by atoms with Crippen LogP contribution in [0.25, 0.3) is 11.1 Å². The van der Waals surface area contributed by atoms with Crippen molar-refractivity contribution in [1.29, 1.82) is 0 Å². The molecule has 9 nitrogen and oxygen atoms in total. The van der Waals surface area contributed by atoms with Gasteiger partial charge in [-0.3, -0.25) is 9.59 Å². The number of amides is 1. The van der Waals surface area contributed by atoms with Crippen LogP contribution in [-0.2, 0) is 23.6 Å². The maximum absolute atomic E-state index is 12.6. The molecule has 1 amide bonds. The second-order valence-electron chi connectivity index (χ2n) is 5.91. The molecule has 1 aromatic carbocycles. The van der Waals surface area contributed by atoms with Crippen molar-refractivity contribution in [1.82, 2.24) is 19.6 Å². The summed E-state index contributed by atoms with van der Waals surface area (Å²) >= 11 is 0. The smallest absolute Gasteiger partial charge is 0.265 e. The number of aryl methyl sites for hydroxylation is 2. The molecule has 27 heavy (non-hydrogen) atoms. The summed E-state index contributed by atoms with van der Waals surface area (Å²) in [5, 5.41) is 2.80. The van der Waals surface area contributed by atoms with E-state index in [1.165, 1.54) is 37.1 Å². The van der Waals surface area contributed by atoms with Gasteiger partial charge in [-0.25, -0.2) is 18.1 Å². The molecule has 0 unspecified atom stereocenters. The van der Waals surface area contributed by atoms with E-state index >= 15 is 0 Å². The Morgan fingerprint density at radius 1 is 1.33 bits per heavy atom. The largest absolute Gasteiger partial charge is 0.442 e. The Hall–Kier alpha value is -2.98. The van der Waals surface area contributed by atoms with Gasteiger partial charge >= 0.3 is 0 Å². The molecule has 0 radical (unpaired) electrons. The topological polar surface area (TPSA) is 123 Å². The molecule has 0 aliphatic heterocycles. The minimum absolute atomic E-state index is 0.0819. The number of fused-ring (bicyclic) bond motifs is 1. The first-order chi connectivity index (χ1) is 12.7. The van der Waals surface area contributed by atoms with Gasteiger partial charge in [-0.15, -0.1) is 0 Å². The van der Waals surface area contributed by atoms with E-state index in [4.69, 9.17) is 4.42 Å². The van der Waals surface area contributed by atoms with Crippen LogP contribution in [0.15, 0.2) is 44.7 Å². The fourth-order valence-electron chi connectivity index (χ4n) is 2.67. The van der Waals surface area contributed by atoms with Gasteiger partial charge in [0.25, 0.3) is 11.5 Å². The average Bonchev–Trinajstić information content (AvgIpc) is 3.00. The van der Waals surface area contributed by atoms with E-state index in [9.17, 15) is 18.0 Å². The summed E-state index contributed by atoms with van der Waals surface area (Å²) in [4.78, 5) is 29.1. The Morgan fingerprint density at radius 3 is 2.78 bits per heavy atom. The lowest BCUT2D eigenvalue weighted by molar-refractivity contribution is 0.0950. The third-order valence-corrected chi connectivity index (χ3v) is 5.52. The van der Waals surface area contributed by atoms with E-state index in [0.717, 1.165) is 0 Å². The summed E-state index contributed by atoms with van der Waals surface area (Å²) in [6.07, 6.45) is 1.32. The van der Waals surface area contributed by atoms with Gasteiger partial charge in [0.05, 0.1) is 10.5 Å². The fourth-order valence-corrected chi connectivity index (χ4v) is 3.47. The number of hydrogen-bond acceptors (Lipinski definition) is 6. The Morgan fingerprint density at radius 2 is 2.07 bits per heavy atom. The predicted octanol–water partition coefficient (Wildman–Crippen LogP) is 0.673. The van der Waals surface area contributed by atoms with E-state index < -0.39 is 15.9 Å². The first-order valence-corrected chi connectivity index (χ1v) is 9.48. The maximum Gasteiger partial charge on any atom is 0.265 e. The predicted molar refractivity (Wildman–Crippen MR) is 97.8 cm³/mol. The monoisotopic (exact) mass is 390 g/mol. The van der Waals surface area contributed by atoms with Gasteiger partial charge in [-0.1, -0.05) is 12.1 Å². The zero-order valence-electron chi connectivity index (χ0n) is 14.9. The van der Waals surface area contributed by atoms with Crippen molar-refractivity contribution in [3.05, 3.63) is 57.8 Å². The number of aromatic nitrogens is 2. The third-order valence-electron chi connectivity index (χ3n) is 4.11. The molecule has 0 aliphatic carbocycles. The van der Waals surface area contributed by atoms with Crippen LogP contribution in [0.5, 0.6) is 0 Å². The van der Waals surface area contributed by atoms with E-state index in [0.29, 0.717) is 5.56 Å². The molecule has 0 fully saturated rings. The van der Waals surface area contributed by atoms with Crippen molar-refractivity contribution in [2.75, 3.05) is 7.05 Å². The van der Waals surface area contributed by atoms with Gasteiger partial charge in [0.1, 0.15) is 17.5 Å². The Labute approximate surface area is 155 Å². The van der Waals surface area contributed by atoms with Gasteiger partial charge in [-0.05, 0) is 31.7 Å². The normalized spacial score (nSPS) is 11.7. The molecule has 0 aliphatic rings. The molecule has 2 aromatic heterocycles. The number of hydrogen-bond donors (Lipinski definition) is 2. The first-order valence-electron chi connectivity index (χ1n) is 8.00. The molecule has 0 atom stereocenters. The van der Waals surface area contributed by atoms with Crippen LogP contribution in [0, 0.1) is 6.92 Å². The number of benzene rings is 1. The lowest BCUT2D eigenvalue weighted by Gasteiger charge is -2.07. The zero-order valence-corrected chi connectivity index (χ0v) is 15.8. The maximum atomic E-state index is 12.6. The summed E-state index contributed by atoms with van der Waals surface area (Å²) in [5.74, 6) is -0.219. The van der Waals surface area contributed by atoms with Crippen LogP contribution in [0.1, 0.15) is 21.7 Å². The van der Waals surface area contributed by atoms with Crippen molar-refractivity contribution in [3.63, 3.8) is 0 Å². The van der Waals surface area contributed by atoms with Crippen molar-refractivity contribution in [2.24, 2.45) is 7.05 Å². The van der Waals surface area contributed by atoms with E-state index in [2.05, 4.69) is 15.0 Å². The number of sulfonamides is 1. The highest BCUT2D eigenvalue weighted by atomic mass is 32.2. The SMILES string of the molecule is CNS(=O)(=O)c1cccc(CNC(=O)c2c(C)oc3ncn(C)c(=O)c23)c1. The molecule has 2 heterocycles. The second-order valence-corrected chi connectivity index (χ2v) is 7.80. The Balaban J connectivity index is 1.89. The van der Waals surface area contributed by atoms with Crippen LogP contribution in [0.2, 0.25) is 0 Å². The van der Waals surface area contributed by atoms with E-state index in [1.54, 1.807) is 19.1 Å². The van der Waals surface area contributed by atoms with Crippen LogP contribution < -0.4 is 15.6 Å². The van der Waals surface area contributed by atoms with Crippen LogP contribution >= 0.6 is 0 Å². The highest BCUT2D eigenvalue weighted by Crippen LogP contribution is 2.20. The summed E-state index contributed by atoms with van der Waals surface area (Å²) < 4.78 is 32.7. The molecule has 0 spiro atoms. The Bertz CT molecular complexity index is 1190. The zero-order chi connectivity index (χ0) is 19.8. The number of rotatable bonds is 5. The number of carbonyl (C=O) groups excluding carboxylic acids is 1. The number of nitrogens with zero attached hydrogens (tertiary/aromatic N) is 2. The van der Waals surface area contributed by atoms with Crippen molar-refractivity contribution in [2.45, 2.75) is 18.4 Å². The van der Waals surface area contributed by atoms with E-state index in [1.807, 2.05) is 0 Å². The summed E-state index contributed by atoms with van der Waals surface area (Å²) in [6.45, 7) is 1.66. The molecule has 142 valence electrons. The van der Waals surface area contributed by atoms with Gasteiger partial charge in [0.15, 0.2) is 0 Å². The highest BCUT2D eigenvalue weighted by Gasteiger charge is 2.22. The summed E-state index contributed by atoms with van der Waals surface area (Å²) in [6, 6.07) is 6.20. The molecule has 0 bridgehead atoms. The van der Waals surface area contributed by atoms with Gasteiger partial charge in [-0.2, -0.15) is 0 Å². The number of carbonyl (C=O) groups is 1. The molecular formula is C17H18N4O5S. The average molecular weight is 390 g/mol. The molecule has 0 saturated heterocycles.